The molecule has 16 heavy (non-hydrogen) atoms. The van der Waals surface area contributed by atoms with Crippen molar-refractivity contribution in [1.82, 2.24) is 0 Å². The lowest BCUT2D eigenvalue weighted by atomic mass is 10.2. The van der Waals surface area contributed by atoms with E-state index in [9.17, 15) is 0 Å². The van der Waals surface area contributed by atoms with E-state index in [4.69, 9.17) is 33.7 Å². The number of halogens is 2. The summed E-state index contributed by atoms with van der Waals surface area (Å²) in [5.74, 6) is 0.583. The highest BCUT2D eigenvalue weighted by Gasteiger charge is 2.06. The Morgan fingerprint density at radius 1 is 1.25 bits per heavy atom. The van der Waals surface area contributed by atoms with Crippen LogP contribution in [0.2, 0.25) is 10.0 Å². The first kappa shape index (κ1) is 13.4. The smallest absolute Gasteiger partial charge is 0.139 e. The molecule has 0 saturated carbocycles. The molecule has 1 aromatic rings. The molecular weight excluding hydrogens is 247 g/mol. The molecule has 0 aromatic heterocycles. The second-order valence-corrected chi connectivity index (χ2v) is 4.20. The largest absolute Gasteiger partial charge is 0.495 e. The van der Waals surface area contributed by atoms with Crippen LogP contribution in [-0.4, -0.2) is 20.2 Å². The van der Waals surface area contributed by atoms with Gasteiger partial charge in [-0.05, 0) is 25.5 Å². The van der Waals surface area contributed by atoms with Crippen molar-refractivity contribution in [2.24, 2.45) is 5.73 Å². The van der Waals surface area contributed by atoms with E-state index in [0.29, 0.717) is 22.3 Å². The maximum Gasteiger partial charge on any atom is 0.139 e. The summed E-state index contributed by atoms with van der Waals surface area (Å²) in [4.78, 5) is 0. The molecule has 5 heteroatoms. The van der Waals surface area contributed by atoms with E-state index in [1.807, 2.05) is 0 Å². The minimum absolute atomic E-state index is 0.549. The molecule has 0 radical (unpaired) electrons. The molecule has 3 nitrogen and oxygen atoms in total. The van der Waals surface area contributed by atoms with Gasteiger partial charge >= 0.3 is 0 Å². The van der Waals surface area contributed by atoms with Crippen LogP contribution in [0, 0.1) is 0 Å². The van der Waals surface area contributed by atoms with Crippen LogP contribution in [0.3, 0.4) is 0 Å². The molecule has 0 atom stereocenters. The van der Waals surface area contributed by atoms with Crippen LogP contribution >= 0.6 is 23.2 Å². The number of ether oxygens (including phenoxy) is 1. The van der Waals surface area contributed by atoms with Gasteiger partial charge < -0.3 is 15.8 Å². The van der Waals surface area contributed by atoms with Crippen LogP contribution in [0.5, 0.6) is 5.75 Å². The number of nitrogens with one attached hydrogen (secondary N) is 1. The Balaban J connectivity index is 2.63. The maximum absolute atomic E-state index is 6.07. The number of hydrogen-bond donors (Lipinski definition) is 2. The summed E-state index contributed by atoms with van der Waals surface area (Å²) in [5.41, 5.74) is 6.23. The SMILES string of the molecule is COc1cc(Cl)c(NCCCCN)cc1Cl. The highest BCUT2D eigenvalue weighted by atomic mass is 35.5. The monoisotopic (exact) mass is 262 g/mol. The second kappa shape index (κ2) is 6.84. The van der Waals surface area contributed by atoms with E-state index in [1.54, 1.807) is 19.2 Å². The fourth-order valence-corrected chi connectivity index (χ4v) is 1.77. The molecule has 0 saturated heterocycles. The molecule has 0 heterocycles. The summed E-state index contributed by atoms with van der Waals surface area (Å²) in [7, 11) is 1.56. The van der Waals surface area contributed by atoms with Gasteiger partial charge in [0.15, 0.2) is 0 Å². The zero-order valence-electron chi connectivity index (χ0n) is 9.22. The summed E-state index contributed by atoms with van der Waals surface area (Å²) < 4.78 is 5.06. The Morgan fingerprint density at radius 3 is 2.62 bits per heavy atom. The molecule has 0 bridgehead atoms. The van der Waals surface area contributed by atoms with Gasteiger partial charge in [-0.15, -0.1) is 0 Å². The van der Waals surface area contributed by atoms with E-state index in [2.05, 4.69) is 5.32 Å². The van der Waals surface area contributed by atoms with Crippen molar-refractivity contribution in [3.63, 3.8) is 0 Å². The first-order valence-corrected chi connectivity index (χ1v) is 5.91. The topological polar surface area (TPSA) is 47.3 Å². The number of nitrogens with two attached hydrogens (primary N) is 1. The van der Waals surface area contributed by atoms with Gasteiger partial charge in [0.25, 0.3) is 0 Å². The van der Waals surface area contributed by atoms with Crippen LogP contribution in [0.25, 0.3) is 0 Å². The highest BCUT2D eigenvalue weighted by molar-refractivity contribution is 6.36. The number of benzene rings is 1. The number of methoxy groups -OCH3 is 1. The van der Waals surface area contributed by atoms with Gasteiger partial charge in [-0.3, -0.25) is 0 Å². The Kier molecular flexibility index (Phi) is 5.74. The predicted octanol–water partition coefficient (Wildman–Crippen LogP) is 3.15. The van der Waals surface area contributed by atoms with Gasteiger partial charge in [0.1, 0.15) is 5.75 Å². The van der Waals surface area contributed by atoms with Crippen LogP contribution in [0.4, 0.5) is 5.69 Å². The van der Waals surface area contributed by atoms with Crippen molar-refractivity contribution in [3.05, 3.63) is 22.2 Å². The summed E-state index contributed by atoms with van der Waals surface area (Å²) in [6, 6.07) is 3.47. The average molecular weight is 263 g/mol. The summed E-state index contributed by atoms with van der Waals surface area (Å²) in [5, 5.41) is 4.37. The first-order chi connectivity index (χ1) is 7.69. The van der Waals surface area contributed by atoms with Gasteiger partial charge in [-0.1, -0.05) is 23.2 Å². The Labute approximate surface area is 106 Å². The third kappa shape index (κ3) is 3.74. The quantitative estimate of drug-likeness (QED) is 0.775. The minimum Gasteiger partial charge on any atom is -0.495 e. The van der Waals surface area contributed by atoms with Crippen molar-refractivity contribution in [1.29, 1.82) is 0 Å². The molecule has 0 spiro atoms. The number of hydrogen-bond acceptors (Lipinski definition) is 3. The standard InChI is InChI=1S/C11H16Cl2N2O/c1-16-11-7-8(12)10(6-9(11)13)15-5-3-2-4-14/h6-7,15H,2-5,14H2,1H3. The Hall–Kier alpha value is -0.640. The summed E-state index contributed by atoms with van der Waals surface area (Å²) in [6.07, 6.45) is 2.00. The maximum atomic E-state index is 6.07. The number of unbranched alkanes of at least 4 members (excludes halogenated alkanes) is 1. The van der Waals surface area contributed by atoms with Crippen LogP contribution in [0.1, 0.15) is 12.8 Å². The minimum atomic E-state index is 0.549. The van der Waals surface area contributed by atoms with Crippen molar-refractivity contribution in [3.8, 4) is 5.75 Å². The van der Waals surface area contributed by atoms with E-state index >= 15 is 0 Å². The normalized spacial score (nSPS) is 10.2. The number of rotatable bonds is 6. The van der Waals surface area contributed by atoms with E-state index in [1.165, 1.54) is 0 Å². The van der Waals surface area contributed by atoms with Crippen LogP contribution in [-0.2, 0) is 0 Å². The summed E-state index contributed by atoms with van der Waals surface area (Å²) >= 11 is 12.1. The molecule has 0 fully saturated rings. The molecule has 0 aliphatic rings. The lowest BCUT2D eigenvalue weighted by molar-refractivity contribution is 0.415. The predicted molar refractivity (Wildman–Crippen MR) is 69.8 cm³/mol. The van der Waals surface area contributed by atoms with Crippen molar-refractivity contribution in [2.45, 2.75) is 12.8 Å². The third-order valence-electron chi connectivity index (χ3n) is 2.19. The molecular formula is C11H16Cl2N2O. The molecule has 1 aromatic carbocycles. The lowest BCUT2D eigenvalue weighted by Crippen LogP contribution is -2.06. The Morgan fingerprint density at radius 2 is 2.00 bits per heavy atom. The molecule has 0 aliphatic heterocycles. The fourth-order valence-electron chi connectivity index (χ4n) is 1.31. The van der Waals surface area contributed by atoms with Crippen LogP contribution < -0.4 is 15.8 Å². The molecule has 1 rings (SSSR count). The molecule has 0 aliphatic carbocycles. The zero-order chi connectivity index (χ0) is 12.0. The molecule has 90 valence electrons. The third-order valence-corrected chi connectivity index (χ3v) is 2.80. The van der Waals surface area contributed by atoms with Gasteiger partial charge in [0.05, 0.1) is 22.8 Å². The van der Waals surface area contributed by atoms with Crippen molar-refractivity contribution in [2.75, 3.05) is 25.5 Å². The lowest BCUT2D eigenvalue weighted by Gasteiger charge is -2.11. The van der Waals surface area contributed by atoms with E-state index in [-0.39, 0.29) is 0 Å². The van der Waals surface area contributed by atoms with Gasteiger partial charge in [0.2, 0.25) is 0 Å². The van der Waals surface area contributed by atoms with Crippen LogP contribution in [0.15, 0.2) is 12.1 Å². The molecule has 3 N–H and O–H groups in total. The summed E-state index contributed by atoms with van der Waals surface area (Å²) in [6.45, 7) is 1.54. The average Bonchev–Trinajstić information content (AvgIpc) is 2.28. The second-order valence-electron chi connectivity index (χ2n) is 3.39. The first-order valence-electron chi connectivity index (χ1n) is 5.16. The van der Waals surface area contributed by atoms with E-state index in [0.717, 1.165) is 25.1 Å². The van der Waals surface area contributed by atoms with Gasteiger partial charge in [0, 0.05) is 12.6 Å². The fraction of sp³-hybridized carbons (Fsp3) is 0.455. The van der Waals surface area contributed by atoms with Crippen molar-refractivity contribution >= 4 is 28.9 Å². The molecule has 0 unspecified atom stereocenters. The zero-order valence-corrected chi connectivity index (χ0v) is 10.7. The van der Waals surface area contributed by atoms with E-state index < -0.39 is 0 Å². The van der Waals surface area contributed by atoms with Gasteiger partial charge in [-0.2, -0.15) is 0 Å². The number of anilines is 1. The van der Waals surface area contributed by atoms with Gasteiger partial charge in [-0.25, -0.2) is 0 Å². The molecule has 0 amide bonds. The highest BCUT2D eigenvalue weighted by Crippen LogP contribution is 2.33. The van der Waals surface area contributed by atoms with Crippen molar-refractivity contribution < 1.29 is 4.74 Å². The Bertz CT molecular complexity index is 345.